The van der Waals surface area contributed by atoms with E-state index in [-0.39, 0.29) is 24.2 Å². The van der Waals surface area contributed by atoms with Gasteiger partial charge in [0.2, 0.25) is 11.8 Å². The van der Waals surface area contributed by atoms with Crippen molar-refractivity contribution in [2.45, 2.75) is 25.2 Å². The lowest BCUT2D eigenvalue weighted by atomic mass is 9.88. The van der Waals surface area contributed by atoms with Gasteiger partial charge in [0.15, 0.2) is 0 Å². The van der Waals surface area contributed by atoms with Crippen molar-refractivity contribution >= 4 is 23.5 Å². The first kappa shape index (κ1) is 14.6. The van der Waals surface area contributed by atoms with Crippen LogP contribution < -0.4 is 5.32 Å². The van der Waals surface area contributed by atoms with Crippen molar-refractivity contribution in [3.63, 3.8) is 0 Å². The molecule has 2 aliphatic rings. The van der Waals surface area contributed by atoms with Gasteiger partial charge in [-0.15, -0.1) is 0 Å². The molecule has 1 unspecified atom stereocenters. The smallest absolute Gasteiger partial charge is 0.306 e. The molecule has 1 atom stereocenters. The van der Waals surface area contributed by atoms with Crippen LogP contribution in [0.15, 0.2) is 24.3 Å². The van der Waals surface area contributed by atoms with Gasteiger partial charge >= 0.3 is 5.97 Å². The van der Waals surface area contributed by atoms with Crippen LogP contribution in [-0.4, -0.2) is 40.9 Å². The number of para-hydroxylation sites is 1. The summed E-state index contributed by atoms with van der Waals surface area (Å²) in [5.74, 6) is -1.87. The van der Waals surface area contributed by atoms with Crippen LogP contribution in [0.1, 0.15) is 30.7 Å². The largest absolute Gasteiger partial charge is 0.481 e. The predicted octanol–water partition coefficient (Wildman–Crippen LogP) is 1.44. The molecule has 1 saturated heterocycles. The first-order chi connectivity index (χ1) is 10.6. The molecule has 2 aliphatic heterocycles. The highest BCUT2D eigenvalue weighted by molar-refractivity contribution is 6.01. The number of benzene rings is 1. The third-order valence-electron chi connectivity index (χ3n) is 4.45. The number of amides is 2. The Morgan fingerprint density at radius 2 is 1.86 bits per heavy atom. The molecule has 0 aromatic heterocycles. The van der Waals surface area contributed by atoms with Gasteiger partial charge in [0.25, 0.3) is 0 Å². The van der Waals surface area contributed by atoms with Gasteiger partial charge in [-0.25, -0.2) is 0 Å². The third kappa shape index (κ3) is 2.68. The first-order valence-electron chi connectivity index (χ1n) is 7.46. The molecule has 1 aromatic carbocycles. The van der Waals surface area contributed by atoms with Crippen molar-refractivity contribution in [2.75, 3.05) is 18.4 Å². The zero-order valence-corrected chi connectivity index (χ0v) is 12.1. The summed E-state index contributed by atoms with van der Waals surface area (Å²) in [6, 6.07) is 7.34. The summed E-state index contributed by atoms with van der Waals surface area (Å²) in [6.07, 6.45) is 1.10. The minimum absolute atomic E-state index is 0.0776. The number of fused-ring (bicyclic) bond motifs is 1. The molecule has 2 N–H and O–H groups in total. The lowest BCUT2D eigenvalue weighted by Crippen LogP contribution is -2.44. The molecule has 6 nitrogen and oxygen atoms in total. The van der Waals surface area contributed by atoms with Crippen molar-refractivity contribution < 1.29 is 19.5 Å². The van der Waals surface area contributed by atoms with Gasteiger partial charge in [0.05, 0.1) is 11.8 Å². The van der Waals surface area contributed by atoms with Gasteiger partial charge in [-0.1, -0.05) is 18.2 Å². The average molecular weight is 302 g/mol. The minimum atomic E-state index is -0.797. The highest BCUT2D eigenvalue weighted by Crippen LogP contribution is 2.34. The number of rotatable bonds is 2. The molecule has 3 rings (SSSR count). The molecule has 2 amide bonds. The molecule has 2 heterocycles. The molecule has 1 aromatic rings. The van der Waals surface area contributed by atoms with E-state index in [0.717, 1.165) is 5.56 Å². The summed E-state index contributed by atoms with van der Waals surface area (Å²) in [4.78, 5) is 37.2. The number of carboxylic acid groups (broad SMARTS) is 1. The van der Waals surface area contributed by atoms with Gasteiger partial charge in [-0.05, 0) is 24.5 Å². The fourth-order valence-electron chi connectivity index (χ4n) is 3.20. The Morgan fingerprint density at radius 1 is 1.18 bits per heavy atom. The van der Waals surface area contributed by atoms with Gasteiger partial charge in [-0.3, -0.25) is 14.4 Å². The average Bonchev–Trinajstić information content (AvgIpc) is 2.53. The fraction of sp³-hybridized carbons (Fsp3) is 0.438. The van der Waals surface area contributed by atoms with Gasteiger partial charge in [0, 0.05) is 25.2 Å². The molecule has 0 radical (unpaired) electrons. The van der Waals surface area contributed by atoms with Crippen LogP contribution in [-0.2, 0) is 14.4 Å². The summed E-state index contributed by atoms with van der Waals surface area (Å²) >= 11 is 0. The lowest BCUT2D eigenvalue weighted by Gasteiger charge is -2.34. The normalized spacial score (nSPS) is 21.9. The molecule has 116 valence electrons. The number of likely N-dealkylation sites (tertiary alicyclic amines) is 1. The Hall–Kier alpha value is -2.37. The Kier molecular flexibility index (Phi) is 3.83. The second kappa shape index (κ2) is 5.79. The first-order valence-corrected chi connectivity index (χ1v) is 7.46. The maximum Gasteiger partial charge on any atom is 0.306 e. The van der Waals surface area contributed by atoms with Gasteiger partial charge in [0.1, 0.15) is 0 Å². The van der Waals surface area contributed by atoms with Crippen LogP contribution >= 0.6 is 0 Å². The Balaban J connectivity index is 1.76. The van der Waals surface area contributed by atoms with Crippen molar-refractivity contribution in [2.24, 2.45) is 5.92 Å². The van der Waals surface area contributed by atoms with E-state index in [9.17, 15) is 14.4 Å². The molecular weight excluding hydrogens is 284 g/mol. The second-order valence-corrected chi connectivity index (χ2v) is 5.83. The molecule has 1 fully saturated rings. The second-order valence-electron chi connectivity index (χ2n) is 5.83. The highest BCUT2D eigenvalue weighted by atomic mass is 16.4. The zero-order valence-electron chi connectivity index (χ0n) is 12.1. The van der Waals surface area contributed by atoms with Crippen LogP contribution in [0.3, 0.4) is 0 Å². The number of nitrogens with zero attached hydrogens (tertiary/aromatic N) is 1. The summed E-state index contributed by atoms with van der Waals surface area (Å²) in [7, 11) is 0. The standard InChI is InChI=1S/C16H18N2O4/c19-14-9-12(11-3-1-2-4-13(11)17-14)15(20)18-7-5-10(6-8-18)16(21)22/h1-4,10,12H,5-9H2,(H,17,19)(H,21,22). The van der Waals surface area contributed by atoms with Crippen molar-refractivity contribution in [1.82, 2.24) is 4.90 Å². The SMILES string of the molecule is O=C1CC(C(=O)N2CCC(C(=O)O)CC2)c2ccccc2N1. The predicted molar refractivity (Wildman–Crippen MR) is 79.4 cm³/mol. The van der Waals surface area contributed by atoms with E-state index in [4.69, 9.17) is 5.11 Å². The van der Waals surface area contributed by atoms with Crippen molar-refractivity contribution in [3.05, 3.63) is 29.8 Å². The molecular formula is C16H18N2O4. The Morgan fingerprint density at radius 3 is 2.55 bits per heavy atom. The maximum absolute atomic E-state index is 12.7. The maximum atomic E-state index is 12.7. The number of hydrogen-bond donors (Lipinski definition) is 2. The number of carbonyl (C=O) groups is 3. The van der Waals surface area contributed by atoms with Crippen LogP contribution in [0.25, 0.3) is 0 Å². The number of anilines is 1. The molecule has 0 aliphatic carbocycles. The molecule has 6 heteroatoms. The van der Waals surface area contributed by atoms with Crippen LogP contribution in [0.5, 0.6) is 0 Å². The Bertz CT molecular complexity index is 620. The summed E-state index contributed by atoms with van der Waals surface area (Å²) in [6.45, 7) is 0.881. The molecule has 0 saturated carbocycles. The van der Waals surface area contributed by atoms with Crippen molar-refractivity contribution in [3.8, 4) is 0 Å². The highest BCUT2D eigenvalue weighted by Gasteiger charge is 2.35. The summed E-state index contributed by atoms with van der Waals surface area (Å²) < 4.78 is 0. The van der Waals surface area contributed by atoms with E-state index >= 15 is 0 Å². The van der Waals surface area contributed by atoms with E-state index in [1.165, 1.54) is 0 Å². The molecule has 0 bridgehead atoms. The van der Waals surface area contributed by atoms with E-state index in [1.54, 1.807) is 11.0 Å². The van der Waals surface area contributed by atoms with Crippen LogP contribution in [0.4, 0.5) is 5.69 Å². The Labute approximate surface area is 128 Å². The summed E-state index contributed by atoms with van der Waals surface area (Å²) in [5.41, 5.74) is 1.53. The van der Waals surface area contributed by atoms with Gasteiger partial charge < -0.3 is 15.3 Å². The van der Waals surface area contributed by atoms with E-state index in [0.29, 0.717) is 31.6 Å². The minimum Gasteiger partial charge on any atom is -0.481 e. The molecule has 0 spiro atoms. The number of hydrogen-bond acceptors (Lipinski definition) is 3. The van der Waals surface area contributed by atoms with Crippen LogP contribution in [0.2, 0.25) is 0 Å². The van der Waals surface area contributed by atoms with Crippen LogP contribution in [0, 0.1) is 5.92 Å². The lowest BCUT2D eigenvalue weighted by molar-refractivity contribution is -0.146. The van der Waals surface area contributed by atoms with E-state index in [1.807, 2.05) is 18.2 Å². The number of carboxylic acids is 1. The fourth-order valence-corrected chi connectivity index (χ4v) is 3.20. The van der Waals surface area contributed by atoms with E-state index < -0.39 is 11.9 Å². The zero-order chi connectivity index (χ0) is 15.7. The number of piperidine rings is 1. The quantitative estimate of drug-likeness (QED) is 0.865. The number of aliphatic carboxylic acids is 1. The van der Waals surface area contributed by atoms with E-state index in [2.05, 4.69) is 5.32 Å². The number of nitrogens with one attached hydrogen (secondary N) is 1. The third-order valence-corrected chi connectivity index (χ3v) is 4.45. The van der Waals surface area contributed by atoms with Crippen molar-refractivity contribution in [1.29, 1.82) is 0 Å². The summed E-state index contributed by atoms with van der Waals surface area (Å²) in [5, 5.41) is 11.8. The number of carbonyl (C=O) groups excluding carboxylic acids is 2. The topological polar surface area (TPSA) is 86.7 Å². The molecule has 22 heavy (non-hydrogen) atoms. The van der Waals surface area contributed by atoms with Gasteiger partial charge in [-0.2, -0.15) is 0 Å². The monoisotopic (exact) mass is 302 g/mol.